The maximum atomic E-state index is 11.8. The molecule has 0 bridgehead atoms. The third-order valence-electron chi connectivity index (χ3n) is 4.23. The summed E-state index contributed by atoms with van der Waals surface area (Å²) in [6.45, 7) is 9.20. The Kier molecular flexibility index (Phi) is 9.47. The first kappa shape index (κ1) is 25.1. The van der Waals surface area contributed by atoms with Crippen LogP contribution in [0.1, 0.15) is 13.8 Å². The Balaban J connectivity index is 1.65. The van der Waals surface area contributed by atoms with Gasteiger partial charge in [0.25, 0.3) is 0 Å². The number of fused-ring (bicyclic) bond motifs is 1. The van der Waals surface area contributed by atoms with Crippen LogP contribution in [0.15, 0.2) is 24.3 Å². The first-order valence-corrected chi connectivity index (χ1v) is 9.74. The Hall–Kier alpha value is -3.12. The molecule has 0 aromatic rings. The van der Waals surface area contributed by atoms with Gasteiger partial charge in [0.15, 0.2) is 12.2 Å². The molecule has 32 heavy (non-hydrogen) atoms. The van der Waals surface area contributed by atoms with Crippen LogP contribution in [0, 0.1) is 0 Å². The van der Waals surface area contributed by atoms with E-state index in [1.807, 2.05) is 0 Å². The Morgan fingerprint density at radius 1 is 0.688 bits per heavy atom. The zero-order valence-electron chi connectivity index (χ0n) is 17.9. The first-order chi connectivity index (χ1) is 15.2. The third-order valence-corrected chi connectivity index (χ3v) is 4.23. The van der Waals surface area contributed by atoms with Crippen LogP contribution < -0.4 is 0 Å². The van der Waals surface area contributed by atoms with E-state index in [0.29, 0.717) is 0 Å². The van der Waals surface area contributed by atoms with Gasteiger partial charge in [-0.3, -0.25) is 0 Å². The summed E-state index contributed by atoms with van der Waals surface area (Å²) in [6.07, 6.45) is -4.81. The average molecular weight is 458 g/mol. The van der Waals surface area contributed by atoms with Gasteiger partial charge < -0.3 is 37.9 Å². The van der Waals surface area contributed by atoms with Crippen molar-refractivity contribution in [2.45, 2.75) is 38.3 Å². The topological polar surface area (TPSA) is 142 Å². The van der Waals surface area contributed by atoms with E-state index >= 15 is 0 Å². The Labute approximate surface area is 184 Å². The van der Waals surface area contributed by atoms with E-state index in [9.17, 15) is 19.2 Å². The zero-order valence-corrected chi connectivity index (χ0v) is 17.9. The van der Waals surface area contributed by atoms with Crippen molar-refractivity contribution in [3.05, 3.63) is 24.3 Å². The molecule has 2 aliphatic heterocycles. The molecular weight excluding hydrogens is 432 g/mol. The molecule has 0 aliphatic carbocycles. The summed E-state index contributed by atoms with van der Waals surface area (Å²) in [4.78, 5) is 46.1. The molecule has 0 spiro atoms. The minimum Gasteiger partial charge on any atom is -0.459 e. The van der Waals surface area contributed by atoms with Crippen LogP contribution in [0.3, 0.4) is 0 Å². The van der Waals surface area contributed by atoms with Crippen LogP contribution in [-0.2, 0) is 47.5 Å². The van der Waals surface area contributed by atoms with Crippen molar-refractivity contribution in [2.24, 2.45) is 0 Å². The van der Waals surface area contributed by atoms with E-state index in [2.05, 4.69) is 13.2 Å². The van der Waals surface area contributed by atoms with Crippen molar-refractivity contribution in [3.8, 4) is 0 Å². The molecule has 0 aromatic carbocycles. The Bertz CT molecular complexity index is 683. The van der Waals surface area contributed by atoms with Crippen molar-refractivity contribution in [1.82, 2.24) is 0 Å². The molecule has 0 N–H and O–H groups in total. The van der Waals surface area contributed by atoms with Crippen molar-refractivity contribution >= 4 is 24.2 Å². The van der Waals surface area contributed by atoms with Gasteiger partial charge in [-0.1, -0.05) is 13.2 Å². The number of esters is 2. The fourth-order valence-corrected chi connectivity index (χ4v) is 2.71. The second kappa shape index (κ2) is 12.1. The van der Waals surface area contributed by atoms with Crippen molar-refractivity contribution in [1.29, 1.82) is 0 Å². The van der Waals surface area contributed by atoms with Gasteiger partial charge in [0.1, 0.15) is 38.6 Å². The van der Waals surface area contributed by atoms with Gasteiger partial charge >= 0.3 is 24.2 Å². The molecule has 2 rings (SSSR count). The number of rotatable bonds is 10. The van der Waals surface area contributed by atoms with E-state index in [0.717, 1.165) is 0 Å². The number of hydrogen-bond acceptors (Lipinski definition) is 12. The lowest BCUT2D eigenvalue weighted by atomic mass is 10.1. The summed E-state index contributed by atoms with van der Waals surface area (Å²) in [5, 5.41) is 0. The second-order valence-electron chi connectivity index (χ2n) is 6.94. The fraction of sp³-hybridized carbons (Fsp3) is 0.600. The molecule has 178 valence electrons. The molecule has 0 radical (unpaired) electrons. The molecule has 2 heterocycles. The summed E-state index contributed by atoms with van der Waals surface area (Å²) >= 11 is 0. The zero-order chi connectivity index (χ0) is 23.7. The second-order valence-corrected chi connectivity index (χ2v) is 6.94. The van der Waals surface area contributed by atoms with Gasteiger partial charge in [0.2, 0.25) is 0 Å². The molecule has 2 aliphatic rings. The highest BCUT2D eigenvalue weighted by atomic mass is 16.8. The molecule has 12 nitrogen and oxygen atoms in total. The molecule has 0 amide bonds. The van der Waals surface area contributed by atoms with Gasteiger partial charge in [-0.15, -0.1) is 0 Å². The summed E-state index contributed by atoms with van der Waals surface area (Å²) in [6, 6.07) is 0. The standard InChI is InChI=1S/C20H26O12/c1-11(2)17(21)25-5-7-27-19(23)31-13-9-29-16-14(10-30-15(13)16)32-20(24)28-8-6-26-18(22)12(3)4/h13-16H,1,3,5-10H2,2,4H3. The van der Waals surface area contributed by atoms with Crippen molar-refractivity contribution in [3.63, 3.8) is 0 Å². The highest BCUT2D eigenvalue weighted by Gasteiger charge is 2.51. The predicted octanol–water partition coefficient (Wildman–Crippen LogP) is 1.07. The van der Waals surface area contributed by atoms with E-state index in [-0.39, 0.29) is 50.8 Å². The third kappa shape index (κ3) is 7.54. The number of ether oxygens (including phenoxy) is 8. The normalized spacial score (nSPS) is 23.4. The lowest BCUT2D eigenvalue weighted by molar-refractivity contribution is -0.141. The highest BCUT2D eigenvalue weighted by Crippen LogP contribution is 2.31. The van der Waals surface area contributed by atoms with Gasteiger partial charge in [-0.2, -0.15) is 0 Å². The summed E-state index contributed by atoms with van der Waals surface area (Å²) in [5.41, 5.74) is 0.457. The van der Waals surface area contributed by atoms with Gasteiger partial charge in [-0.25, -0.2) is 19.2 Å². The molecular formula is C20H26O12. The molecule has 12 heteroatoms. The van der Waals surface area contributed by atoms with Crippen LogP contribution in [0.4, 0.5) is 9.59 Å². The average Bonchev–Trinajstić information content (AvgIpc) is 3.31. The van der Waals surface area contributed by atoms with Crippen LogP contribution in [0.2, 0.25) is 0 Å². The van der Waals surface area contributed by atoms with Gasteiger partial charge in [-0.05, 0) is 13.8 Å². The molecule has 4 unspecified atom stereocenters. The van der Waals surface area contributed by atoms with Crippen LogP contribution in [0.5, 0.6) is 0 Å². The maximum absolute atomic E-state index is 11.8. The number of carbonyl (C=O) groups excluding carboxylic acids is 4. The quantitative estimate of drug-likeness (QED) is 0.200. The summed E-state index contributed by atoms with van der Waals surface area (Å²) in [7, 11) is 0. The molecule has 4 atom stereocenters. The van der Waals surface area contributed by atoms with E-state index < -0.39 is 48.7 Å². The molecule has 0 saturated carbocycles. The Morgan fingerprint density at radius 2 is 1.03 bits per heavy atom. The molecule has 2 saturated heterocycles. The minimum absolute atomic E-state index is 0.0147. The fourth-order valence-electron chi connectivity index (χ4n) is 2.71. The van der Waals surface area contributed by atoms with Crippen molar-refractivity contribution in [2.75, 3.05) is 39.6 Å². The van der Waals surface area contributed by atoms with E-state index in [1.165, 1.54) is 13.8 Å². The van der Waals surface area contributed by atoms with Gasteiger partial charge in [0.05, 0.1) is 13.2 Å². The highest BCUT2D eigenvalue weighted by molar-refractivity contribution is 5.87. The molecule has 2 fully saturated rings. The lowest BCUT2D eigenvalue weighted by Gasteiger charge is -2.17. The largest absolute Gasteiger partial charge is 0.508 e. The van der Waals surface area contributed by atoms with Crippen LogP contribution in [-0.4, -0.2) is 88.3 Å². The first-order valence-electron chi connectivity index (χ1n) is 9.74. The molecule has 0 aromatic heterocycles. The SMILES string of the molecule is C=C(C)C(=O)OCCOC(=O)OC1COC2C(OC(=O)OCCOC(=O)C(=C)C)COC12. The monoisotopic (exact) mass is 458 g/mol. The van der Waals surface area contributed by atoms with Crippen molar-refractivity contribution < 1.29 is 57.1 Å². The predicted molar refractivity (Wildman–Crippen MR) is 103 cm³/mol. The lowest BCUT2D eigenvalue weighted by Crippen LogP contribution is -2.36. The van der Waals surface area contributed by atoms with E-state index in [1.54, 1.807) is 0 Å². The Morgan fingerprint density at radius 3 is 1.38 bits per heavy atom. The minimum atomic E-state index is -0.984. The maximum Gasteiger partial charge on any atom is 0.508 e. The number of carbonyl (C=O) groups is 4. The summed E-state index contributed by atoms with van der Waals surface area (Å²) in [5.74, 6) is -1.18. The van der Waals surface area contributed by atoms with E-state index in [4.69, 9.17) is 37.9 Å². The number of hydrogen-bond donors (Lipinski definition) is 0. The van der Waals surface area contributed by atoms with Crippen LogP contribution >= 0.6 is 0 Å². The van der Waals surface area contributed by atoms with Gasteiger partial charge in [0, 0.05) is 11.1 Å². The van der Waals surface area contributed by atoms with Crippen LogP contribution in [0.25, 0.3) is 0 Å². The smallest absolute Gasteiger partial charge is 0.459 e. The summed E-state index contributed by atoms with van der Waals surface area (Å²) < 4.78 is 40.6.